The molecule has 4 nitrogen and oxygen atoms in total. The summed E-state index contributed by atoms with van der Waals surface area (Å²) in [6, 6.07) is 18.4. The Morgan fingerprint density at radius 2 is 1.85 bits per heavy atom. The number of rotatable bonds is 7. The summed E-state index contributed by atoms with van der Waals surface area (Å²) in [6.45, 7) is 4.85. The third-order valence-electron chi connectivity index (χ3n) is 4.14. The van der Waals surface area contributed by atoms with E-state index >= 15 is 0 Å². The van der Waals surface area contributed by atoms with Crippen LogP contribution in [-0.4, -0.2) is 10.9 Å². The van der Waals surface area contributed by atoms with E-state index in [-0.39, 0.29) is 11.9 Å². The van der Waals surface area contributed by atoms with Gasteiger partial charge in [0.1, 0.15) is 5.01 Å². The molecule has 0 aliphatic rings. The van der Waals surface area contributed by atoms with Crippen LogP contribution in [-0.2, 0) is 17.8 Å². The summed E-state index contributed by atoms with van der Waals surface area (Å²) in [4.78, 5) is 16.7. The molecule has 0 saturated carbocycles. The van der Waals surface area contributed by atoms with E-state index in [1.165, 1.54) is 22.5 Å². The highest BCUT2D eigenvalue weighted by atomic mass is 32.1. The van der Waals surface area contributed by atoms with Gasteiger partial charge in [-0.15, -0.1) is 11.3 Å². The molecule has 0 unspecified atom stereocenters. The Balaban J connectivity index is 1.49. The second-order valence-electron chi connectivity index (χ2n) is 6.34. The van der Waals surface area contributed by atoms with Crippen LogP contribution in [0.5, 0.6) is 0 Å². The highest BCUT2D eigenvalue weighted by molar-refractivity contribution is 7.09. The molecule has 3 aromatic rings. The zero-order valence-electron chi connectivity index (χ0n) is 15.0. The van der Waals surface area contributed by atoms with E-state index < -0.39 is 0 Å². The third-order valence-corrected chi connectivity index (χ3v) is 5.03. The smallest absolute Gasteiger partial charge is 0.231 e. The van der Waals surface area contributed by atoms with Crippen LogP contribution in [0, 0.1) is 6.92 Å². The Kier molecular flexibility index (Phi) is 6.15. The third kappa shape index (κ3) is 5.25. The first-order valence-corrected chi connectivity index (χ1v) is 9.56. The molecule has 0 radical (unpaired) electrons. The van der Waals surface area contributed by atoms with Crippen LogP contribution in [0.2, 0.25) is 0 Å². The fraction of sp³-hybridized carbons (Fsp3) is 0.238. The van der Waals surface area contributed by atoms with Gasteiger partial charge in [0.25, 0.3) is 0 Å². The molecule has 1 heterocycles. The number of nitrogens with zero attached hydrogens (tertiary/aromatic N) is 1. The Morgan fingerprint density at radius 1 is 1.12 bits per heavy atom. The highest BCUT2D eigenvalue weighted by Gasteiger charge is 2.10. The minimum absolute atomic E-state index is 0.0413. The van der Waals surface area contributed by atoms with Gasteiger partial charge in [0.2, 0.25) is 5.91 Å². The fourth-order valence-electron chi connectivity index (χ4n) is 2.61. The molecule has 1 atom stereocenters. The molecule has 0 saturated heterocycles. The molecule has 2 aromatic carbocycles. The Bertz CT molecular complexity index is 843. The van der Waals surface area contributed by atoms with Gasteiger partial charge in [0.15, 0.2) is 0 Å². The van der Waals surface area contributed by atoms with Crippen LogP contribution in [0.3, 0.4) is 0 Å². The summed E-state index contributed by atoms with van der Waals surface area (Å²) in [5, 5.41) is 9.23. The van der Waals surface area contributed by atoms with Crippen molar-refractivity contribution in [1.29, 1.82) is 0 Å². The normalized spacial score (nSPS) is 11.9. The van der Waals surface area contributed by atoms with Gasteiger partial charge in [-0.3, -0.25) is 4.79 Å². The van der Waals surface area contributed by atoms with E-state index in [4.69, 9.17) is 0 Å². The van der Waals surface area contributed by atoms with Crippen LogP contribution < -0.4 is 10.6 Å². The van der Waals surface area contributed by atoms with Crippen molar-refractivity contribution in [2.24, 2.45) is 0 Å². The quantitative estimate of drug-likeness (QED) is 0.649. The number of aryl methyl sites for hydroxylation is 1. The first-order valence-electron chi connectivity index (χ1n) is 8.68. The molecular formula is C21H23N3OS. The fourth-order valence-corrected chi connectivity index (χ4v) is 3.40. The van der Waals surface area contributed by atoms with Gasteiger partial charge in [0, 0.05) is 23.7 Å². The zero-order chi connectivity index (χ0) is 18.4. The Labute approximate surface area is 158 Å². The predicted molar refractivity (Wildman–Crippen MR) is 107 cm³/mol. The number of anilines is 1. The van der Waals surface area contributed by atoms with E-state index in [1.54, 1.807) is 0 Å². The second-order valence-corrected chi connectivity index (χ2v) is 7.28. The topological polar surface area (TPSA) is 54.0 Å². The Hall–Kier alpha value is -2.50. The van der Waals surface area contributed by atoms with Crippen molar-refractivity contribution in [3.8, 4) is 0 Å². The van der Waals surface area contributed by atoms with Crippen molar-refractivity contribution < 1.29 is 4.79 Å². The molecule has 0 aliphatic heterocycles. The monoisotopic (exact) mass is 365 g/mol. The lowest BCUT2D eigenvalue weighted by Gasteiger charge is -2.12. The molecule has 0 aliphatic carbocycles. The van der Waals surface area contributed by atoms with Gasteiger partial charge in [-0.2, -0.15) is 0 Å². The molecule has 1 amide bonds. The zero-order valence-corrected chi connectivity index (χ0v) is 15.8. The van der Waals surface area contributed by atoms with Crippen LogP contribution in [0.15, 0.2) is 60.0 Å². The van der Waals surface area contributed by atoms with Gasteiger partial charge in [0.05, 0.1) is 12.1 Å². The number of carbonyl (C=O) groups is 1. The summed E-state index contributed by atoms with van der Waals surface area (Å²) < 4.78 is 0. The minimum atomic E-state index is -0.0413. The molecule has 1 aromatic heterocycles. The van der Waals surface area contributed by atoms with E-state index in [0.29, 0.717) is 13.0 Å². The number of thiazole rings is 1. The summed E-state index contributed by atoms with van der Waals surface area (Å²) in [5.74, 6) is -0.0413. The number of carbonyl (C=O) groups excluding carboxylic acids is 1. The summed E-state index contributed by atoms with van der Waals surface area (Å²) in [6.07, 6.45) is 0.298. The number of aromatic nitrogens is 1. The SMILES string of the molecule is Cc1ccc(NC(=O)Cc2nc(CN[C@H](C)c3ccccc3)cs2)cc1. The van der Waals surface area contributed by atoms with Crippen LogP contribution in [0.25, 0.3) is 0 Å². The van der Waals surface area contributed by atoms with Crippen molar-refractivity contribution in [3.63, 3.8) is 0 Å². The standard InChI is InChI=1S/C21H23N3OS/c1-15-8-10-18(11-9-15)23-20(25)12-21-24-19(14-26-21)13-22-16(2)17-6-4-3-5-7-17/h3-11,14,16,22H,12-13H2,1-2H3,(H,23,25)/t16-/m1/s1. The number of benzene rings is 2. The first-order chi connectivity index (χ1) is 12.6. The maximum Gasteiger partial charge on any atom is 0.231 e. The molecule has 0 fully saturated rings. The van der Waals surface area contributed by atoms with Crippen molar-refractivity contribution in [3.05, 3.63) is 81.8 Å². The van der Waals surface area contributed by atoms with E-state index in [2.05, 4.69) is 34.7 Å². The van der Waals surface area contributed by atoms with E-state index in [0.717, 1.165) is 16.4 Å². The lowest BCUT2D eigenvalue weighted by molar-refractivity contribution is -0.115. The molecule has 2 N–H and O–H groups in total. The van der Waals surface area contributed by atoms with Gasteiger partial charge in [-0.1, -0.05) is 48.0 Å². The lowest BCUT2D eigenvalue weighted by Crippen LogP contribution is -2.18. The minimum Gasteiger partial charge on any atom is -0.326 e. The largest absolute Gasteiger partial charge is 0.326 e. The maximum absolute atomic E-state index is 12.2. The second kappa shape index (κ2) is 8.74. The molecule has 26 heavy (non-hydrogen) atoms. The summed E-state index contributed by atoms with van der Waals surface area (Å²) in [7, 11) is 0. The maximum atomic E-state index is 12.2. The molecule has 134 valence electrons. The van der Waals surface area contributed by atoms with Crippen LogP contribution >= 0.6 is 11.3 Å². The lowest BCUT2D eigenvalue weighted by atomic mass is 10.1. The highest BCUT2D eigenvalue weighted by Crippen LogP contribution is 2.15. The number of hydrogen-bond donors (Lipinski definition) is 2. The van der Waals surface area contributed by atoms with Crippen molar-refractivity contribution in [1.82, 2.24) is 10.3 Å². The number of nitrogens with one attached hydrogen (secondary N) is 2. The number of amides is 1. The molecular weight excluding hydrogens is 342 g/mol. The average Bonchev–Trinajstić information content (AvgIpc) is 3.09. The summed E-state index contributed by atoms with van der Waals surface area (Å²) in [5.41, 5.74) is 4.21. The van der Waals surface area contributed by atoms with E-state index in [9.17, 15) is 4.79 Å². The van der Waals surface area contributed by atoms with Crippen LogP contribution in [0.1, 0.15) is 34.8 Å². The predicted octanol–water partition coefficient (Wildman–Crippen LogP) is 4.48. The first kappa shape index (κ1) is 18.3. The molecule has 0 spiro atoms. The van der Waals surface area contributed by atoms with Gasteiger partial charge in [-0.25, -0.2) is 4.98 Å². The van der Waals surface area contributed by atoms with Gasteiger partial charge >= 0.3 is 0 Å². The van der Waals surface area contributed by atoms with Gasteiger partial charge < -0.3 is 10.6 Å². The Morgan fingerprint density at radius 3 is 2.58 bits per heavy atom. The average molecular weight is 366 g/mol. The van der Waals surface area contributed by atoms with Crippen molar-refractivity contribution in [2.45, 2.75) is 32.9 Å². The van der Waals surface area contributed by atoms with E-state index in [1.807, 2.05) is 54.8 Å². The molecule has 0 bridgehead atoms. The molecule has 5 heteroatoms. The van der Waals surface area contributed by atoms with Crippen molar-refractivity contribution in [2.75, 3.05) is 5.32 Å². The molecule has 3 rings (SSSR count). The van der Waals surface area contributed by atoms with Crippen LogP contribution in [0.4, 0.5) is 5.69 Å². The van der Waals surface area contributed by atoms with Gasteiger partial charge in [-0.05, 0) is 31.5 Å². The number of hydrogen-bond acceptors (Lipinski definition) is 4. The summed E-state index contributed by atoms with van der Waals surface area (Å²) >= 11 is 1.53. The van der Waals surface area contributed by atoms with Crippen molar-refractivity contribution >= 4 is 22.9 Å².